The predicted molar refractivity (Wildman–Crippen MR) is 73.1 cm³/mol. The highest BCUT2D eigenvalue weighted by molar-refractivity contribution is 5.78. The smallest absolute Gasteiger partial charge is 0.221 e. The SMILES string of the molecule is CC(C(N)=O)C(c1ccccc1)c1ccccc1. The second-order valence-corrected chi connectivity index (χ2v) is 4.49. The molecule has 2 nitrogen and oxygen atoms in total. The number of hydrogen-bond acceptors (Lipinski definition) is 1. The van der Waals surface area contributed by atoms with E-state index < -0.39 is 0 Å². The summed E-state index contributed by atoms with van der Waals surface area (Å²) in [6.07, 6.45) is 0. The Morgan fingerprint density at radius 2 is 1.28 bits per heavy atom. The monoisotopic (exact) mass is 239 g/mol. The Bertz CT molecular complexity index is 468. The molecule has 0 aliphatic carbocycles. The molecule has 0 aliphatic heterocycles. The van der Waals surface area contributed by atoms with Crippen molar-refractivity contribution in [2.45, 2.75) is 12.8 Å². The highest BCUT2D eigenvalue weighted by Gasteiger charge is 2.24. The molecule has 18 heavy (non-hydrogen) atoms. The molecule has 2 N–H and O–H groups in total. The van der Waals surface area contributed by atoms with Crippen molar-refractivity contribution in [2.75, 3.05) is 0 Å². The van der Waals surface area contributed by atoms with Crippen LogP contribution in [0.2, 0.25) is 0 Å². The Kier molecular flexibility index (Phi) is 3.78. The number of amides is 1. The number of primary amides is 1. The largest absolute Gasteiger partial charge is 0.369 e. The van der Waals surface area contributed by atoms with Crippen LogP contribution in [0.4, 0.5) is 0 Å². The highest BCUT2D eigenvalue weighted by Crippen LogP contribution is 2.31. The van der Waals surface area contributed by atoms with E-state index in [2.05, 4.69) is 0 Å². The van der Waals surface area contributed by atoms with Gasteiger partial charge in [0.25, 0.3) is 0 Å². The van der Waals surface area contributed by atoms with Crippen LogP contribution in [0.5, 0.6) is 0 Å². The zero-order chi connectivity index (χ0) is 13.0. The van der Waals surface area contributed by atoms with Crippen LogP contribution in [-0.4, -0.2) is 5.91 Å². The summed E-state index contributed by atoms with van der Waals surface area (Å²) < 4.78 is 0. The number of carbonyl (C=O) groups is 1. The molecule has 0 aromatic heterocycles. The molecule has 0 aliphatic rings. The molecule has 92 valence electrons. The Balaban J connectivity index is 2.45. The van der Waals surface area contributed by atoms with Gasteiger partial charge in [-0.15, -0.1) is 0 Å². The third kappa shape index (κ3) is 2.59. The van der Waals surface area contributed by atoms with E-state index in [1.54, 1.807) is 0 Å². The topological polar surface area (TPSA) is 43.1 Å². The third-order valence-corrected chi connectivity index (χ3v) is 3.27. The van der Waals surface area contributed by atoms with Gasteiger partial charge < -0.3 is 5.73 Å². The van der Waals surface area contributed by atoms with Crippen LogP contribution in [-0.2, 0) is 4.79 Å². The van der Waals surface area contributed by atoms with Crippen molar-refractivity contribution < 1.29 is 4.79 Å². The Morgan fingerprint density at radius 3 is 1.61 bits per heavy atom. The molecule has 1 atom stereocenters. The molecule has 0 fully saturated rings. The van der Waals surface area contributed by atoms with E-state index in [1.165, 1.54) is 0 Å². The molecule has 0 radical (unpaired) electrons. The van der Waals surface area contributed by atoms with Gasteiger partial charge in [0.15, 0.2) is 0 Å². The zero-order valence-corrected chi connectivity index (χ0v) is 10.4. The van der Waals surface area contributed by atoms with Gasteiger partial charge in [0.1, 0.15) is 0 Å². The summed E-state index contributed by atoms with van der Waals surface area (Å²) in [6.45, 7) is 1.88. The molecule has 0 heterocycles. The van der Waals surface area contributed by atoms with Gasteiger partial charge in [0.05, 0.1) is 0 Å². The molecule has 2 aromatic carbocycles. The van der Waals surface area contributed by atoms with Crippen LogP contribution in [0.3, 0.4) is 0 Å². The molecule has 0 bridgehead atoms. The van der Waals surface area contributed by atoms with Crippen molar-refractivity contribution in [3.63, 3.8) is 0 Å². The van der Waals surface area contributed by atoms with Crippen molar-refractivity contribution in [1.29, 1.82) is 0 Å². The number of benzene rings is 2. The van der Waals surface area contributed by atoms with E-state index in [0.717, 1.165) is 11.1 Å². The normalized spacial score (nSPS) is 12.3. The number of hydrogen-bond donors (Lipinski definition) is 1. The lowest BCUT2D eigenvalue weighted by atomic mass is 9.81. The molecular weight excluding hydrogens is 222 g/mol. The first-order chi connectivity index (χ1) is 8.70. The Hall–Kier alpha value is -2.09. The van der Waals surface area contributed by atoms with Crippen LogP contribution in [0.25, 0.3) is 0 Å². The first-order valence-corrected chi connectivity index (χ1v) is 6.09. The number of nitrogens with two attached hydrogens (primary N) is 1. The van der Waals surface area contributed by atoms with Gasteiger partial charge in [-0.1, -0.05) is 67.6 Å². The quantitative estimate of drug-likeness (QED) is 0.875. The predicted octanol–water partition coefficient (Wildman–Crippen LogP) is 2.94. The fourth-order valence-electron chi connectivity index (χ4n) is 2.25. The second-order valence-electron chi connectivity index (χ2n) is 4.49. The van der Waals surface area contributed by atoms with E-state index in [0.29, 0.717) is 0 Å². The molecule has 1 amide bonds. The summed E-state index contributed by atoms with van der Waals surface area (Å²) in [5.74, 6) is -0.479. The lowest BCUT2D eigenvalue weighted by molar-refractivity contribution is -0.121. The molecule has 2 rings (SSSR count). The first kappa shape index (κ1) is 12.4. The second kappa shape index (κ2) is 5.50. The van der Waals surface area contributed by atoms with Crippen LogP contribution >= 0.6 is 0 Å². The van der Waals surface area contributed by atoms with E-state index in [9.17, 15) is 4.79 Å². The number of carbonyl (C=O) groups excluding carboxylic acids is 1. The van der Waals surface area contributed by atoms with Crippen molar-refractivity contribution in [3.8, 4) is 0 Å². The lowest BCUT2D eigenvalue weighted by Gasteiger charge is -2.22. The summed E-state index contributed by atoms with van der Waals surface area (Å²) in [5, 5.41) is 0. The maximum Gasteiger partial charge on any atom is 0.221 e. The summed E-state index contributed by atoms with van der Waals surface area (Å²) in [6, 6.07) is 20.0. The maximum atomic E-state index is 11.5. The minimum atomic E-state index is -0.271. The van der Waals surface area contributed by atoms with Crippen LogP contribution in [0.1, 0.15) is 24.0 Å². The van der Waals surface area contributed by atoms with E-state index in [-0.39, 0.29) is 17.7 Å². The van der Waals surface area contributed by atoms with Crippen LogP contribution in [0.15, 0.2) is 60.7 Å². The Morgan fingerprint density at radius 1 is 0.889 bits per heavy atom. The molecular formula is C16H17NO. The van der Waals surface area contributed by atoms with Gasteiger partial charge >= 0.3 is 0 Å². The molecule has 2 heteroatoms. The van der Waals surface area contributed by atoms with Crippen LogP contribution < -0.4 is 5.73 Å². The summed E-state index contributed by atoms with van der Waals surface area (Å²) in [7, 11) is 0. The highest BCUT2D eigenvalue weighted by atomic mass is 16.1. The average Bonchev–Trinajstić information content (AvgIpc) is 2.41. The number of rotatable bonds is 4. The Labute approximate surface area is 107 Å². The van der Waals surface area contributed by atoms with Gasteiger partial charge in [-0.3, -0.25) is 4.79 Å². The van der Waals surface area contributed by atoms with Gasteiger partial charge in [0.2, 0.25) is 5.91 Å². The van der Waals surface area contributed by atoms with Gasteiger partial charge in [-0.25, -0.2) is 0 Å². The summed E-state index contributed by atoms with van der Waals surface area (Å²) in [4.78, 5) is 11.5. The molecule has 2 aromatic rings. The zero-order valence-electron chi connectivity index (χ0n) is 10.4. The van der Waals surface area contributed by atoms with Crippen molar-refractivity contribution in [2.24, 2.45) is 11.7 Å². The lowest BCUT2D eigenvalue weighted by Crippen LogP contribution is -2.27. The average molecular weight is 239 g/mol. The third-order valence-electron chi connectivity index (χ3n) is 3.27. The van der Waals surface area contributed by atoms with Crippen molar-refractivity contribution in [1.82, 2.24) is 0 Å². The van der Waals surface area contributed by atoms with Gasteiger partial charge in [-0.05, 0) is 11.1 Å². The van der Waals surface area contributed by atoms with Gasteiger partial charge in [0, 0.05) is 11.8 Å². The molecule has 1 unspecified atom stereocenters. The molecule has 0 spiro atoms. The summed E-state index contributed by atoms with van der Waals surface area (Å²) >= 11 is 0. The minimum Gasteiger partial charge on any atom is -0.369 e. The van der Waals surface area contributed by atoms with Crippen molar-refractivity contribution >= 4 is 5.91 Å². The maximum absolute atomic E-state index is 11.5. The standard InChI is InChI=1S/C16H17NO/c1-12(16(17)18)15(13-8-4-2-5-9-13)14-10-6-3-7-11-14/h2-12,15H,1H3,(H2,17,18). The molecule has 0 saturated carbocycles. The van der Waals surface area contributed by atoms with Crippen LogP contribution in [0, 0.1) is 5.92 Å². The van der Waals surface area contributed by atoms with E-state index >= 15 is 0 Å². The molecule has 0 saturated heterocycles. The first-order valence-electron chi connectivity index (χ1n) is 6.09. The fraction of sp³-hybridized carbons (Fsp3) is 0.188. The van der Waals surface area contributed by atoms with E-state index in [1.807, 2.05) is 67.6 Å². The van der Waals surface area contributed by atoms with E-state index in [4.69, 9.17) is 5.73 Å². The van der Waals surface area contributed by atoms with Crippen molar-refractivity contribution in [3.05, 3.63) is 71.8 Å². The van der Waals surface area contributed by atoms with Gasteiger partial charge in [-0.2, -0.15) is 0 Å². The summed E-state index contributed by atoms with van der Waals surface area (Å²) in [5.41, 5.74) is 7.71. The minimum absolute atomic E-state index is 0.0184. The fourth-order valence-corrected chi connectivity index (χ4v) is 2.25.